The van der Waals surface area contributed by atoms with Gasteiger partial charge in [-0.05, 0) is 24.5 Å². The summed E-state index contributed by atoms with van der Waals surface area (Å²) in [4.78, 5) is 0. The van der Waals surface area contributed by atoms with Crippen LogP contribution >= 0.6 is 11.8 Å². The molecule has 2 rings (SSSR count). The zero-order chi connectivity index (χ0) is 14.4. The Morgan fingerprint density at radius 3 is 2.80 bits per heavy atom. The van der Waals surface area contributed by atoms with Crippen LogP contribution in [0.5, 0.6) is 0 Å². The van der Waals surface area contributed by atoms with Crippen LogP contribution < -0.4 is 0 Å². The summed E-state index contributed by atoms with van der Waals surface area (Å²) in [7, 11) is 0. The van der Waals surface area contributed by atoms with Gasteiger partial charge in [0.05, 0.1) is 0 Å². The van der Waals surface area contributed by atoms with Crippen LogP contribution in [0.1, 0.15) is 65.5 Å². The molecule has 5 heteroatoms. The van der Waals surface area contributed by atoms with E-state index in [-0.39, 0.29) is 6.17 Å². The number of azo groups is 1. The molecule has 0 amide bonds. The van der Waals surface area contributed by atoms with E-state index >= 15 is 0 Å². The van der Waals surface area contributed by atoms with Crippen molar-refractivity contribution in [2.45, 2.75) is 70.5 Å². The largest absolute Gasteiger partial charge is 0.218 e. The van der Waals surface area contributed by atoms with E-state index in [9.17, 15) is 0 Å². The number of thioether (sulfide) groups is 1. The molecule has 4 nitrogen and oxygen atoms in total. The van der Waals surface area contributed by atoms with E-state index in [0.29, 0.717) is 0 Å². The first-order chi connectivity index (χ1) is 9.70. The van der Waals surface area contributed by atoms with Crippen LogP contribution in [0.3, 0.4) is 0 Å². The van der Waals surface area contributed by atoms with E-state index in [2.05, 4.69) is 36.1 Å². The number of hydrogen-bond acceptors (Lipinski definition) is 4. The molecule has 112 valence electrons. The SMILES string of the molecule is CCSc1cc2n(n1)C(CCCCCCC(C)C)N=N2. The summed E-state index contributed by atoms with van der Waals surface area (Å²) in [6.07, 6.45) is 7.77. The Bertz CT molecular complexity index is 439. The maximum Gasteiger partial charge on any atom is 0.175 e. The Labute approximate surface area is 126 Å². The summed E-state index contributed by atoms with van der Waals surface area (Å²) in [5.41, 5.74) is 0. The molecule has 1 aromatic heterocycles. The second-order valence-corrected chi connectivity index (χ2v) is 7.08. The van der Waals surface area contributed by atoms with Crippen LogP contribution in [0.25, 0.3) is 0 Å². The maximum atomic E-state index is 4.59. The summed E-state index contributed by atoms with van der Waals surface area (Å²) in [6, 6.07) is 2.04. The Hall–Kier alpha value is -0.840. The first kappa shape index (κ1) is 15.5. The van der Waals surface area contributed by atoms with Crippen molar-refractivity contribution >= 4 is 17.6 Å². The summed E-state index contributed by atoms with van der Waals surface area (Å²) < 4.78 is 1.99. The van der Waals surface area contributed by atoms with Gasteiger partial charge in [-0.25, -0.2) is 4.68 Å². The molecule has 1 aromatic rings. The second kappa shape index (κ2) is 7.81. The normalized spacial score (nSPS) is 17.1. The van der Waals surface area contributed by atoms with Crippen LogP contribution in [0.2, 0.25) is 0 Å². The molecule has 20 heavy (non-hydrogen) atoms. The van der Waals surface area contributed by atoms with Crippen LogP contribution in [0, 0.1) is 5.92 Å². The molecule has 0 radical (unpaired) electrons. The molecule has 0 fully saturated rings. The number of hydrogen-bond donors (Lipinski definition) is 0. The van der Waals surface area contributed by atoms with E-state index in [1.165, 1.54) is 32.1 Å². The molecule has 0 N–H and O–H groups in total. The van der Waals surface area contributed by atoms with Gasteiger partial charge in [-0.2, -0.15) is 10.2 Å². The van der Waals surface area contributed by atoms with Crippen molar-refractivity contribution in [1.29, 1.82) is 0 Å². The molecule has 0 saturated heterocycles. The lowest BCUT2D eigenvalue weighted by Gasteiger charge is -2.08. The molecular weight excluding hydrogens is 268 g/mol. The summed E-state index contributed by atoms with van der Waals surface area (Å²) in [6.45, 7) is 6.74. The van der Waals surface area contributed by atoms with Gasteiger partial charge in [0, 0.05) is 6.07 Å². The third kappa shape index (κ3) is 4.33. The molecule has 1 aliphatic heterocycles. The topological polar surface area (TPSA) is 42.5 Å². The lowest BCUT2D eigenvalue weighted by Crippen LogP contribution is -2.04. The van der Waals surface area contributed by atoms with E-state index in [4.69, 9.17) is 0 Å². The number of aromatic nitrogens is 2. The first-order valence-electron chi connectivity index (χ1n) is 7.84. The minimum atomic E-state index is 0.140. The fraction of sp³-hybridized carbons (Fsp3) is 0.800. The second-order valence-electron chi connectivity index (χ2n) is 5.80. The predicted octanol–water partition coefficient (Wildman–Crippen LogP) is 5.59. The minimum absolute atomic E-state index is 0.140. The molecular formula is C15H26N4S. The van der Waals surface area contributed by atoms with E-state index < -0.39 is 0 Å². The van der Waals surface area contributed by atoms with E-state index in [0.717, 1.165) is 28.9 Å². The quantitative estimate of drug-likeness (QED) is 0.440. The molecule has 0 aliphatic carbocycles. The molecule has 1 aliphatic rings. The maximum absolute atomic E-state index is 4.59. The Morgan fingerprint density at radius 1 is 1.25 bits per heavy atom. The van der Waals surface area contributed by atoms with Gasteiger partial charge >= 0.3 is 0 Å². The fourth-order valence-electron chi connectivity index (χ4n) is 2.46. The number of rotatable bonds is 9. The van der Waals surface area contributed by atoms with Crippen molar-refractivity contribution in [3.8, 4) is 0 Å². The molecule has 2 heterocycles. The summed E-state index contributed by atoms with van der Waals surface area (Å²) >= 11 is 1.77. The standard InChI is InChI=1S/C15H26N4S/c1-4-20-15-11-14-17-16-13(19(14)18-15)10-8-6-5-7-9-12(2)3/h11-13H,4-10H2,1-3H3. The van der Waals surface area contributed by atoms with Crippen molar-refractivity contribution in [3.05, 3.63) is 6.07 Å². The number of fused-ring (bicyclic) bond motifs is 1. The van der Waals surface area contributed by atoms with E-state index in [1.807, 2.05) is 10.7 Å². The van der Waals surface area contributed by atoms with Crippen molar-refractivity contribution in [2.75, 3.05) is 5.75 Å². The molecule has 0 saturated carbocycles. The van der Waals surface area contributed by atoms with Gasteiger partial charge in [0.1, 0.15) is 5.03 Å². The summed E-state index contributed by atoms with van der Waals surface area (Å²) in [5, 5.41) is 14.2. The lowest BCUT2D eigenvalue weighted by atomic mass is 10.0. The zero-order valence-electron chi connectivity index (χ0n) is 12.9. The van der Waals surface area contributed by atoms with Crippen LogP contribution in [-0.4, -0.2) is 15.5 Å². The Kier molecular flexibility index (Phi) is 6.07. The van der Waals surface area contributed by atoms with Gasteiger partial charge in [0.2, 0.25) is 0 Å². The van der Waals surface area contributed by atoms with Crippen LogP contribution in [0.4, 0.5) is 5.82 Å². The highest BCUT2D eigenvalue weighted by molar-refractivity contribution is 7.99. The van der Waals surface area contributed by atoms with Gasteiger partial charge in [0.15, 0.2) is 12.0 Å². The molecule has 1 unspecified atom stereocenters. The van der Waals surface area contributed by atoms with Crippen molar-refractivity contribution in [1.82, 2.24) is 9.78 Å². The smallest absolute Gasteiger partial charge is 0.175 e. The predicted molar refractivity (Wildman–Crippen MR) is 84.7 cm³/mol. The van der Waals surface area contributed by atoms with Gasteiger partial charge in [-0.15, -0.1) is 16.9 Å². The highest BCUT2D eigenvalue weighted by Crippen LogP contribution is 2.34. The van der Waals surface area contributed by atoms with E-state index in [1.54, 1.807) is 11.8 Å². The van der Waals surface area contributed by atoms with Crippen molar-refractivity contribution in [2.24, 2.45) is 16.1 Å². The third-order valence-corrected chi connectivity index (χ3v) is 4.34. The Balaban J connectivity index is 1.70. The van der Waals surface area contributed by atoms with Crippen molar-refractivity contribution in [3.63, 3.8) is 0 Å². The fourth-order valence-corrected chi connectivity index (χ4v) is 3.09. The highest BCUT2D eigenvalue weighted by atomic mass is 32.2. The van der Waals surface area contributed by atoms with Gasteiger partial charge < -0.3 is 0 Å². The molecule has 0 spiro atoms. The first-order valence-corrected chi connectivity index (χ1v) is 8.82. The van der Waals surface area contributed by atoms with Crippen molar-refractivity contribution < 1.29 is 0 Å². The summed E-state index contributed by atoms with van der Waals surface area (Å²) in [5.74, 6) is 2.80. The average Bonchev–Trinajstić information content (AvgIpc) is 2.94. The Morgan fingerprint density at radius 2 is 2.05 bits per heavy atom. The highest BCUT2D eigenvalue weighted by Gasteiger charge is 2.21. The van der Waals surface area contributed by atoms with Crippen LogP contribution in [0.15, 0.2) is 21.3 Å². The minimum Gasteiger partial charge on any atom is -0.218 e. The molecule has 1 atom stereocenters. The van der Waals surface area contributed by atoms with Gasteiger partial charge in [0.25, 0.3) is 0 Å². The molecule has 0 aromatic carbocycles. The molecule has 0 bridgehead atoms. The average molecular weight is 294 g/mol. The van der Waals surface area contributed by atoms with Crippen LogP contribution in [-0.2, 0) is 0 Å². The zero-order valence-corrected chi connectivity index (χ0v) is 13.7. The number of unbranched alkanes of at least 4 members (excludes halogenated alkanes) is 3. The number of nitrogens with zero attached hydrogens (tertiary/aromatic N) is 4. The monoisotopic (exact) mass is 294 g/mol. The van der Waals surface area contributed by atoms with Gasteiger partial charge in [-0.1, -0.05) is 46.5 Å². The third-order valence-electron chi connectivity index (χ3n) is 3.56. The van der Waals surface area contributed by atoms with Gasteiger partial charge in [-0.3, -0.25) is 0 Å². The lowest BCUT2D eigenvalue weighted by molar-refractivity contribution is 0.424.